The molecule has 0 aliphatic rings. The smallest absolute Gasteiger partial charge is 0.273 e. The van der Waals surface area contributed by atoms with Crippen LogP contribution in [0.15, 0.2) is 0 Å². The third kappa shape index (κ3) is 17.0. The van der Waals surface area contributed by atoms with Crippen molar-refractivity contribution in [3.05, 3.63) is 0 Å². The monoisotopic (exact) mass is 540 g/mol. The highest BCUT2D eigenvalue weighted by Crippen LogP contribution is 2.34. The van der Waals surface area contributed by atoms with Crippen molar-refractivity contribution < 1.29 is 26.4 Å². The van der Waals surface area contributed by atoms with Gasteiger partial charge in [-0.3, -0.25) is 9.59 Å². The molecule has 0 aliphatic carbocycles. The minimum absolute atomic E-state index is 0.152. The Morgan fingerprint density at radius 2 is 1.14 bits per heavy atom. The second-order valence-electron chi connectivity index (χ2n) is 9.84. The highest BCUT2D eigenvalue weighted by Gasteiger charge is 2.39. The van der Waals surface area contributed by atoms with Crippen LogP contribution in [0.5, 0.6) is 0 Å². The Morgan fingerprint density at radius 1 is 0.686 bits per heavy atom. The van der Waals surface area contributed by atoms with Crippen LogP contribution in [-0.2, 0) is 30.0 Å². The minimum Gasteiger partial charge on any atom is -0.273 e. The number of rotatable bonds is 20. The molecule has 0 rings (SSSR count). The average Bonchev–Trinajstić information content (AvgIpc) is 2.70. The van der Waals surface area contributed by atoms with Crippen molar-refractivity contribution in [1.82, 2.24) is 9.44 Å². The van der Waals surface area contributed by atoms with E-state index in [4.69, 9.17) is 10.3 Å². The molecule has 10 nitrogen and oxygen atoms in total. The third-order valence-electron chi connectivity index (χ3n) is 6.35. The molecule has 208 valence electrons. The first-order chi connectivity index (χ1) is 16.2. The van der Waals surface area contributed by atoms with Crippen molar-refractivity contribution in [3.8, 4) is 0 Å². The van der Waals surface area contributed by atoms with E-state index >= 15 is 0 Å². The van der Waals surface area contributed by atoms with Crippen LogP contribution in [0, 0.1) is 23.7 Å². The largest absolute Gasteiger partial charge is 0.298 e. The maximum absolute atomic E-state index is 13.0. The third-order valence-corrected chi connectivity index (χ3v) is 7.32. The predicted molar refractivity (Wildman–Crippen MR) is 139 cm³/mol. The zero-order chi connectivity index (χ0) is 27.1. The van der Waals surface area contributed by atoms with Crippen LogP contribution in [-0.4, -0.2) is 28.6 Å². The highest BCUT2D eigenvalue weighted by atomic mass is 32.2. The fourth-order valence-electron chi connectivity index (χ4n) is 4.67. The van der Waals surface area contributed by atoms with E-state index in [2.05, 4.69) is 20.8 Å². The van der Waals surface area contributed by atoms with Gasteiger partial charge in [0.1, 0.15) is 5.92 Å². The Balaban J connectivity index is 6.12. The molecule has 0 aromatic rings. The molecule has 0 radical (unpaired) electrons. The first-order valence-electron chi connectivity index (χ1n) is 12.9. The predicted octanol–water partition coefficient (Wildman–Crippen LogP) is 3.24. The Morgan fingerprint density at radius 3 is 1.60 bits per heavy atom. The minimum atomic E-state index is -4.45. The van der Waals surface area contributed by atoms with Crippen LogP contribution in [0.3, 0.4) is 0 Å². The Kier molecular flexibility index (Phi) is 16.6. The van der Waals surface area contributed by atoms with E-state index in [0.29, 0.717) is 12.8 Å². The molecule has 35 heavy (non-hydrogen) atoms. The molecule has 0 spiro atoms. The van der Waals surface area contributed by atoms with E-state index in [9.17, 15) is 26.4 Å². The maximum Gasteiger partial charge on any atom is 0.298 e. The van der Waals surface area contributed by atoms with Crippen molar-refractivity contribution >= 4 is 32.2 Å². The molecule has 0 bridgehead atoms. The molecule has 0 saturated carbocycles. The molecular formula is C23H48N4O6S2. The van der Waals surface area contributed by atoms with Gasteiger partial charge in [0, 0.05) is 0 Å². The van der Waals surface area contributed by atoms with Crippen LogP contribution < -0.4 is 19.7 Å². The van der Waals surface area contributed by atoms with Crippen LogP contribution in [0.2, 0.25) is 0 Å². The SMILES string of the molecule is CCCCCCC(CCCC)CC(CC(C)CCCC)C(C(=O)NS(N)(=O)=O)C(=O)NS(N)(=O)=O. The molecule has 0 aromatic carbocycles. The van der Waals surface area contributed by atoms with Gasteiger partial charge >= 0.3 is 0 Å². The quantitative estimate of drug-likeness (QED) is 0.136. The fraction of sp³-hybridized carbons (Fsp3) is 0.913. The summed E-state index contributed by atoms with van der Waals surface area (Å²) in [4.78, 5) is 25.9. The van der Waals surface area contributed by atoms with Gasteiger partial charge in [0.15, 0.2) is 0 Å². The van der Waals surface area contributed by atoms with Crippen molar-refractivity contribution in [3.63, 3.8) is 0 Å². The standard InChI is InChI=1S/C23H48N4O6S2/c1-5-8-11-12-15-19(14-10-7-3)17-20(16-18(4)13-9-6-2)21(22(28)26-34(24,30)31)23(29)27-35(25,32)33/h18-21H,5-17H2,1-4H3,(H,26,28)(H,27,29)(H2,24,30,31)(H2,25,32,33). The van der Waals surface area contributed by atoms with Crippen molar-refractivity contribution in [2.75, 3.05) is 0 Å². The number of carbonyl (C=O) groups is 2. The zero-order valence-corrected chi connectivity index (χ0v) is 23.6. The summed E-state index contributed by atoms with van der Waals surface area (Å²) in [5.74, 6) is -4.03. The molecule has 3 unspecified atom stereocenters. The number of nitrogens with one attached hydrogen (secondary N) is 2. The Bertz CT molecular complexity index is 787. The summed E-state index contributed by atoms with van der Waals surface area (Å²) in [5, 5.41) is 9.99. The lowest BCUT2D eigenvalue weighted by Crippen LogP contribution is -2.51. The average molecular weight is 541 g/mol. The van der Waals surface area contributed by atoms with Crippen molar-refractivity contribution in [2.24, 2.45) is 33.9 Å². The first kappa shape index (κ1) is 33.8. The van der Waals surface area contributed by atoms with Gasteiger partial charge in [-0.05, 0) is 30.6 Å². The normalized spacial score (nSPS) is 14.9. The van der Waals surface area contributed by atoms with Crippen LogP contribution in [0.1, 0.15) is 111 Å². The van der Waals surface area contributed by atoms with E-state index in [1.54, 1.807) is 9.44 Å². The Hall–Kier alpha value is -1.24. The van der Waals surface area contributed by atoms with Crippen molar-refractivity contribution in [1.29, 1.82) is 0 Å². The number of carbonyl (C=O) groups excluding carboxylic acids is 2. The second kappa shape index (κ2) is 17.3. The van der Waals surface area contributed by atoms with Gasteiger partial charge in [0.05, 0.1) is 0 Å². The molecule has 3 atom stereocenters. The van der Waals surface area contributed by atoms with Gasteiger partial charge in [-0.25, -0.2) is 19.7 Å². The summed E-state index contributed by atoms with van der Waals surface area (Å²) in [5.41, 5.74) is 0. The molecule has 2 amide bonds. The molecule has 0 fully saturated rings. The van der Waals surface area contributed by atoms with E-state index in [0.717, 1.165) is 70.6 Å². The maximum atomic E-state index is 13.0. The lowest BCUT2D eigenvalue weighted by molar-refractivity contribution is -0.136. The summed E-state index contributed by atoms with van der Waals surface area (Å²) in [6.07, 6.45) is 12.0. The van der Waals surface area contributed by atoms with Crippen LogP contribution in [0.25, 0.3) is 0 Å². The summed E-state index contributed by atoms with van der Waals surface area (Å²) in [6.45, 7) is 8.34. The highest BCUT2D eigenvalue weighted by molar-refractivity contribution is 7.88. The lowest BCUT2D eigenvalue weighted by atomic mass is 9.75. The first-order valence-corrected chi connectivity index (χ1v) is 16.0. The number of unbranched alkanes of at least 4 members (excludes halogenated alkanes) is 5. The fourth-order valence-corrected chi connectivity index (χ4v) is 5.49. The van der Waals surface area contributed by atoms with Gasteiger partial charge in [-0.1, -0.05) is 98.3 Å². The number of hydrogen-bond acceptors (Lipinski definition) is 6. The van der Waals surface area contributed by atoms with E-state index < -0.39 is 44.1 Å². The molecule has 0 aliphatic heterocycles. The van der Waals surface area contributed by atoms with E-state index in [1.807, 2.05) is 6.92 Å². The van der Waals surface area contributed by atoms with Crippen LogP contribution >= 0.6 is 0 Å². The topological polar surface area (TPSA) is 179 Å². The summed E-state index contributed by atoms with van der Waals surface area (Å²) in [6, 6.07) is 0. The van der Waals surface area contributed by atoms with Gasteiger partial charge in [0.25, 0.3) is 20.4 Å². The lowest BCUT2D eigenvalue weighted by Gasteiger charge is -2.31. The number of nitrogens with two attached hydrogens (primary N) is 2. The second-order valence-corrected chi connectivity index (χ2v) is 12.4. The van der Waals surface area contributed by atoms with E-state index in [1.165, 1.54) is 0 Å². The summed E-state index contributed by atoms with van der Waals surface area (Å²) >= 11 is 0. The van der Waals surface area contributed by atoms with Gasteiger partial charge in [-0.15, -0.1) is 0 Å². The van der Waals surface area contributed by atoms with Gasteiger partial charge in [0.2, 0.25) is 11.8 Å². The summed E-state index contributed by atoms with van der Waals surface area (Å²) < 4.78 is 49.7. The molecule has 0 saturated heterocycles. The number of amides is 2. The molecular weight excluding hydrogens is 492 g/mol. The van der Waals surface area contributed by atoms with Gasteiger partial charge in [-0.2, -0.15) is 16.8 Å². The van der Waals surface area contributed by atoms with E-state index in [-0.39, 0.29) is 11.8 Å². The Labute approximate surface area is 213 Å². The molecule has 12 heteroatoms. The summed E-state index contributed by atoms with van der Waals surface area (Å²) in [7, 11) is -8.89. The zero-order valence-electron chi connectivity index (χ0n) is 21.9. The van der Waals surface area contributed by atoms with Crippen molar-refractivity contribution in [2.45, 2.75) is 111 Å². The van der Waals surface area contributed by atoms with Gasteiger partial charge < -0.3 is 0 Å². The molecule has 0 aromatic heterocycles. The molecule has 6 N–H and O–H groups in total. The molecule has 0 heterocycles. The van der Waals surface area contributed by atoms with Crippen LogP contribution in [0.4, 0.5) is 0 Å². The number of hydrogen-bond donors (Lipinski definition) is 4.